The van der Waals surface area contributed by atoms with Crippen LogP contribution in [0.3, 0.4) is 0 Å². The number of thioether (sulfide) groups is 1. The highest BCUT2D eigenvalue weighted by Crippen LogP contribution is 2.28. The normalized spacial score (nSPS) is 11.4. The molecule has 9 heteroatoms. The Labute approximate surface area is 151 Å². The molecule has 25 heavy (non-hydrogen) atoms. The molecule has 132 valence electrons. The molecule has 0 fully saturated rings. The molecule has 0 N–H and O–H groups in total. The van der Waals surface area contributed by atoms with E-state index in [-0.39, 0.29) is 5.75 Å². The monoisotopic (exact) mass is 383 g/mol. The van der Waals surface area contributed by atoms with Gasteiger partial charge in [0.25, 0.3) is 5.22 Å². The predicted octanol–water partition coefficient (Wildman–Crippen LogP) is 5.21. The first-order valence-corrected chi connectivity index (χ1v) is 9.33. The molecule has 0 radical (unpaired) electrons. The van der Waals surface area contributed by atoms with Crippen molar-refractivity contribution in [2.75, 3.05) is 0 Å². The van der Waals surface area contributed by atoms with Gasteiger partial charge in [0.1, 0.15) is 5.75 Å². The molecule has 0 aliphatic heterocycles. The summed E-state index contributed by atoms with van der Waals surface area (Å²) < 4.78 is 34.2. The molecule has 5 nitrogen and oxygen atoms in total. The highest BCUT2D eigenvalue weighted by atomic mass is 32.2. The number of alkyl halides is 2. The van der Waals surface area contributed by atoms with Crippen LogP contribution in [0.1, 0.15) is 30.5 Å². The molecule has 0 spiro atoms. The van der Waals surface area contributed by atoms with E-state index in [1.807, 2.05) is 5.38 Å². The molecule has 3 rings (SSSR count). The van der Waals surface area contributed by atoms with E-state index >= 15 is 0 Å². The highest BCUT2D eigenvalue weighted by Gasteiger charge is 2.12. The predicted molar refractivity (Wildman–Crippen MR) is 92.1 cm³/mol. The molecule has 0 amide bonds. The molecule has 0 unspecified atom stereocenters. The molecule has 0 atom stereocenters. The molecule has 0 saturated carbocycles. The molecular weight excluding hydrogens is 368 g/mol. The van der Waals surface area contributed by atoms with Gasteiger partial charge in [0.05, 0.1) is 10.7 Å². The maximum atomic E-state index is 12.1. The van der Waals surface area contributed by atoms with Crippen molar-refractivity contribution in [3.8, 4) is 17.2 Å². The molecule has 3 aromatic rings. The van der Waals surface area contributed by atoms with Crippen LogP contribution in [0.4, 0.5) is 8.78 Å². The van der Waals surface area contributed by atoms with E-state index in [4.69, 9.17) is 4.42 Å². The summed E-state index contributed by atoms with van der Waals surface area (Å²) >= 11 is 3.05. The minimum atomic E-state index is -2.85. The largest absolute Gasteiger partial charge is 0.435 e. The lowest BCUT2D eigenvalue weighted by atomic mass is 10.2. The van der Waals surface area contributed by atoms with E-state index in [0.717, 1.165) is 10.7 Å². The van der Waals surface area contributed by atoms with Gasteiger partial charge in [0.15, 0.2) is 0 Å². The summed E-state index contributed by atoms with van der Waals surface area (Å²) in [5.41, 5.74) is 1.61. The van der Waals surface area contributed by atoms with Crippen LogP contribution >= 0.6 is 23.1 Å². The second kappa shape index (κ2) is 7.92. The SMILES string of the molecule is CC(C)c1nc(CSc2nnc(-c3ccc(OC(F)F)cc3)o2)cs1. The second-order valence-electron chi connectivity index (χ2n) is 5.40. The lowest BCUT2D eigenvalue weighted by molar-refractivity contribution is -0.0498. The topological polar surface area (TPSA) is 61.0 Å². The first-order chi connectivity index (χ1) is 12.0. The zero-order chi connectivity index (χ0) is 17.8. The average molecular weight is 383 g/mol. The summed E-state index contributed by atoms with van der Waals surface area (Å²) in [6.45, 7) is 1.37. The minimum Gasteiger partial charge on any atom is -0.435 e. The van der Waals surface area contributed by atoms with Crippen LogP contribution < -0.4 is 4.74 Å². The van der Waals surface area contributed by atoms with Crippen LogP contribution in [0.25, 0.3) is 11.5 Å². The number of aromatic nitrogens is 3. The first kappa shape index (κ1) is 17.8. The van der Waals surface area contributed by atoms with E-state index in [1.165, 1.54) is 23.9 Å². The molecule has 0 saturated heterocycles. The standard InChI is InChI=1S/C16H15F2N3O2S2/c1-9(2)14-19-11(7-24-14)8-25-16-21-20-13(23-16)10-3-5-12(6-4-10)22-15(17)18/h3-7,9,15H,8H2,1-2H3. The van der Waals surface area contributed by atoms with E-state index in [9.17, 15) is 8.78 Å². The Hall–Kier alpha value is -2.00. The fourth-order valence-corrected chi connectivity index (χ4v) is 3.55. The smallest absolute Gasteiger partial charge is 0.387 e. The zero-order valence-electron chi connectivity index (χ0n) is 13.5. The van der Waals surface area contributed by atoms with E-state index in [1.54, 1.807) is 23.5 Å². The third-order valence-corrected chi connectivity index (χ3v) is 5.19. The number of rotatable bonds is 7. The zero-order valence-corrected chi connectivity index (χ0v) is 15.1. The van der Waals surface area contributed by atoms with Crippen molar-refractivity contribution in [1.82, 2.24) is 15.2 Å². The quantitative estimate of drug-likeness (QED) is 0.522. The van der Waals surface area contributed by atoms with E-state index < -0.39 is 6.61 Å². The van der Waals surface area contributed by atoms with Crippen LogP contribution in [0, 0.1) is 0 Å². The number of hydrogen-bond acceptors (Lipinski definition) is 7. The summed E-state index contributed by atoms with van der Waals surface area (Å²) in [6, 6.07) is 6.05. The van der Waals surface area contributed by atoms with Gasteiger partial charge in [-0.15, -0.1) is 21.5 Å². The molecule has 0 bridgehead atoms. The highest BCUT2D eigenvalue weighted by molar-refractivity contribution is 7.98. The Kier molecular flexibility index (Phi) is 5.64. The van der Waals surface area contributed by atoms with Gasteiger partial charge in [-0.3, -0.25) is 0 Å². The number of thiazole rings is 1. The van der Waals surface area contributed by atoms with Crippen molar-refractivity contribution in [2.45, 2.75) is 37.4 Å². The van der Waals surface area contributed by atoms with Crippen LogP contribution in [0.15, 0.2) is 39.3 Å². The van der Waals surface area contributed by atoms with Crippen molar-refractivity contribution in [3.63, 3.8) is 0 Å². The number of halogens is 2. The maximum Gasteiger partial charge on any atom is 0.387 e. The third-order valence-electron chi connectivity index (χ3n) is 3.14. The van der Waals surface area contributed by atoms with Crippen LogP contribution in [0.2, 0.25) is 0 Å². The van der Waals surface area contributed by atoms with Gasteiger partial charge in [0, 0.05) is 22.6 Å². The summed E-state index contributed by atoms with van der Waals surface area (Å²) in [5.74, 6) is 1.46. The van der Waals surface area contributed by atoms with E-state index in [0.29, 0.717) is 28.3 Å². The summed E-state index contributed by atoms with van der Waals surface area (Å²) in [5, 5.41) is 11.5. The maximum absolute atomic E-state index is 12.1. The third kappa shape index (κ3) is 4.76. The van der Waals surface area contributed by atoms with Crippen LogP contribution in [0.5, 0.6) is 5.75 Å². The summed E-state index contributed by atoms with van der Waals surface area (Å²) in [4.78, 5) is 4.56. The number of benzene rings is 1. The summed E-state index contributed by atoms with van der Waals surface area (Å²) in [6.07, 6.45) is 0. The molecular formula is C16H15F2N3O2S2. The Morgan fingerprint density at radius 2 is 1.96 bits per heavy atom. The minimum absolute atomic E-state index is 0.0809. The molecule has 0 aliphatic carbocycles. The van der Waals surface area contributed by atoms with Crippen molar-refractivity contribution in [3.05, 3.63) is 40.3 Å². The van der Waals surface area contributed by atoms with Crippen LogP contribution in [-0.4, -0.2) is 21.8 Å². The first-order valence-electron chi connectivity index (χ1n) is 7.47. The average Bonchev–Trinajstić information content (AvgIpc) is 3.22. The second-order valence-corrected chi connectivity index (χ2v) is 7.21. The van der Waals surface area contributed by atoms with Gasteiger partial charge in [-0.2, -0.15) is 8.78 Å². The van der Waals surface area contributed by atoms with Gasteiger partial charge in [0.2, 0.25) is 5.89 Å². The summed E-state index contributed by atoms with van der Waals surface area (Å²) in [7, 11) is 0. The van der Waals surface area contributed by atoms with Crippen molar-refractivity contribution in [1.29, 1.82) is 0 Å². The Bertz CT molecular complexity index is 819. The molecule has 2 heterocycles. The fourth-order valence-electron chi connectivity index (χ4n) is 1.95. The Balaban J connectivity index is 1.61. The number of ether oxygens (including phenoxy) is 1. The van der Waals surface area contributed by atoms with Gasteiger partial charge >= 0.3 is 6.61 Å². The Morgan fingerprint density at radius 1 is 1.20 bits per heavy atom. The van der Waals surface area contributed by atoms with Crippen LogP contribution in [-0.2, 0) is 5.75 Å². The number of nitrogens with zero attached hydrogens (tertiary/aromatic N) is 3. The lowest BCUT2D eigenvalue weighted by Gasteiger charge is -2.03. The molecule has 0 aliphatic rings. The van der Waals surface area contributed by atoms with Gasteiger partial charge in [-0.05, 0) is 24.3 Å². The van der Waals surface area contributed by atoms with Gasteiger partial charge in [-0.25, -0.2) is 4.98 Å². The molecule has 2 aromatic heterocycles. The molecule has 1 aromatic carbocycles. The van der Waals surface area contributed by atoms with Crippen molar-refractivity contribution < 1.29 is 17.9 Å². The lowest BCUT2D eigenvalue weighted by Crippen LogP contribution is -2.01. The Morgan fingerprint density at radius 3 is 2.60 bits per heavy atom. The van der Waals surface area contributed by atoms with E-state index in [2.05, 4.69) is 33.8 Å². The van der Waals surface area contributed by atoms with Crippen molar-refractivity contribution in [2.24, 2.45) is 0 Å². The number of hydrogen-bond donors (Lipinski definition) is 0. The van der Waals surface area contributed by atoms with Gasteiger partial charge < -0.3 is 9.15 Å². The van der Waals surface area contributed by atoms with Gasteiger partial charge in [-0.1, -0.05) is 25.6 Å². The van der Waals surface area contributed by atoms with Crippen molar-refractivity contribution >= 4 is 23.1 Å². The fraction of sp³-hybridized carbons (Fsp3) is 0.312.